The number of anilines is 1. The lowest BCUT2D eigenvalue weighted by molar-refractivity contribution is -0.137. The lowest BCUT2D eigenvalue weighted by atomic mass is 9.98. The molecule has 37 heavy (non-hydrogen) atoms. The molecule has 2 atom stereocenters. The first-order valence-corrected chi connectivity index (χ1v) is 12.8. The van der Waals surface area contributed by atoms with Gasteiger partial charge in [-0.2, -0.15) is 0 Å². The molecule has 2 fully saturated rings. The number of hydrogen-bond acceptors (Lipinski definition) is 4. The van der Waals surface area contributed by atoms with E-state index in [0.717, 1.165) is 30.4 Å². The molecule has 0 aliphatic carbocycles. The van der Waals surface area contributed by atoms with Gasteiger partial charge in [0, 0.05) is 24.3 Å². The van der Waals surface area contributed by atoms with Gasteiger partial charge in [-0.25, -0.2) is 4.79 Å². The number of rotatable bonds is 6. The number of likely N-dealkylation sites (tertiary alicyclic amines) is 1. The van der Waals surface area contributed by atoms with Crippen molar-refractivity contribution < 1.29 is 19.1 Å². The summed E-state index contributed by atoms with van der Waals surface area (Å²) in [4.78, 5) is 43.1. The van der Waals surface area contributed by atoms with Gasteiger partial charge < -0.3 is 15.0 Å². The van der Waals surface area contributed by atoms with Gasteiger partial charge in [0.15, 0.2) is 12.1 Å². The van der Waals surface area contributed by atoms with Gasteiger partial charge in [0.1, 0.15) is 0 Å². The maximum atomic E-state index is 13.8. The molecule has 0 bridgehead atoms. The molecule has 0 saturated carbocycles. The van der Waals surface area contributed by atoms with Gasteiger partial charge in [0.05, 0.1) is 6.54 Å². The van der Waals surface area contributed by atoms with E-state index in [1.165, 1.54) is 4.90 Å². The van der Waals surface area contributed by atoms with Gasteiger partial charge in [-0.1, -0.05) is 60.2 Å². The minimum absolute atomic E-state index is 0.0966. The molecule has 0 radical (unpaired) electrons. The topological polar surface area (TPSA) is 79.0 Å². The van der Waals surface area contributed by atoms with Crippen molar-refractivity contribution in [1.29, 1.82) is 0 Å². The fraction of sp³-hybridized carbons (Fsp3) is 0.300. The summed E-state index contributed by atoms with van der Waals surface area (Å²) >= 11 is 0. The zero-order valence-electron chi connectivity index (χ0n) is 20.9. The zero-order valence-corrected chi connectivity index (χ0v) is 20.9. The van der Waals surface area contributed by atoms with Gasteiger partial charge in [0.25, 0.3) is 5.91 Å². The van der Waals surface area contributed by atoms with E-state index in [9.17, 15) is 14.4 Å². The van der Waals surface area contributed by atoms with Gasteiger partial charge in [-0.15, -0.1) is 0 Å². The fourth-order valence-corrected chi connectivity index (χ4v) is 5.06. The van der Waals surface area contributed by atoms with E-state index in [0.29, 0.717) is 29.9 Å². The number of benzene rings is 3. The van der Waals surface area contributed by atoms with E-state index < -0.39 is 18.2 Å². The van der Waals surface area contributed by atoms with Crippen molar-refractivity contribution in [1.82, 2.24) is 9.80 Å². The monoisotopic (exact) mass is 497 g/mol. The van der Waals surface area contributed by atoms with E-state index in [1.807, 2.05) is 66.4 Å². The van der Waals surface area contributed by atoms with Crippen molar-refractivity contribution in [2.24, 2.45) is 0 Å². The highest BCUT2D eigenvalue weighted by Gasteiger charge is 2.48. The van der Waals surface area contributed by atoms with Crippen LogP contribution in [0.3, 0.4) is 0 Å². The molecular formula is C30H31N3O4. The average Bonchev–Trinajstić information content (AvgIpc) is 3.25. The largest absolute Gasteiger partial charge is 0.438 e. The van der Waals surface area contributed by atoms with Gasteiger partial charge >= 0.3 is 6.09 Å². The molecule has 2 heterocycles. The lowest BCUT2D eigenvalue weighted by Gasteiger charge is -2.33. The summed E-state index contributed by atoms with van der Waals surface area (Å²) in [6.07, 6.45) is 1.72. The SMILES string of the molecule is Cc1cccc(C(=O)Nc2cccc(C3OC(=O)N(Cc4ccccc4)C3C(=O)N3CCCCC3)c2)c1. The molecule has 3 aromatic rings. The molecule has 2 aliphatic rings. The summed E-state index contributed by atoms with van der Waals surface area (Å²) in [5, 5.41) is 2.93. The molecule has 5 rings (SSSR count). The predicted octanol–water partition coefficient (Wildman–Crippen LogP) is 5.32. The van der Waals surface area contributed by atoms with E-state index in [-0.39, 0.29) is 18.4 Å². The highest BCUT2D eigenvalue weighted by Crippen LogP contribution is 2.36. The molecule has 190 valence electrons. The van der Waals surface area contributed by atoms with Crippen molar-refractivity contribution >= 4 is 23.6 Å². The number of cyclic esters (lactones) is 1. The first-order chi connectivity index (χ1) is 18.0. The number of carbonyl (C=O) groups excluding carboxylic acids is 3. The Bertz CT molecular complexity index is 1290. The molecule has 2 aliphatic heterocycles. The summed E-state index contributed by atoms with van der Waals surface area (Å²) in [7, 11) is 0. The highest BCUT2D eigenvalue weighted by molar-refractivity contribution is 6.04. The van der Waals surface area contributed by atoms with Gasteiger partial charge in [-0.05, 0) is 61.6 Å². The van der Waals surface area contributed by atoms with Gasteiger partial charge in [0.2, 0.25) is 5.91 Å². The van der Waals surface area contributed by atoms with Crippen molar-refractivity contribution in [2.45, 2.75) is 44.9 Å². The van der Waals surface area contributed by atoms with E-state index in [2.05, 4.69) is 5.32 Å². The molecule has 3 amide bonds. The molecule has 0 spiro atoms. The van der Waals surface area contributed by atoms with E-state index >= 15 is 0 Å². The van der Waals surface area contributed by atoms with E-state index in [4.69, 9.17) is 4.74 Å². The molecule has 0 aromatic heterocycles. The minimum atomic E-state index is -0.784. The van der Waals surface area contributed by atoms with E-state index in [1.54, 1.807) is 24.3 Å². The third-order valence-corrected chi connectivity index (χ3v) is 6.95. The summed E-state index contributed by atoms with van der Waals surface area (Å²) in [5.41, 5.74) is 3.73. The quantitative estimate of drug-likeness (QED) is 0.500. The molecule has 1 N–H and O–H groups in total. The van der Waals surface area contributed by atoms with Crippen molar-refractivity contribution in [3.8, 4) is 0 Å². The van der Waals surface area contributed by atoms with Crippen LogP contribution < -0.4 is 5.32 Å². The number of nitrogens with one attached hydrogen (secondary N) is 1. The number of piperidine rings is 1. The van der Waals surface area contributed by atoms with Crippen LogP contribution in [0.15, 0.2) is 78.9 Å². The first kappa shape index (κ1) is 24.6. The maximum Gasteiger partial charge on any atom is 0.411 e. The minimum Gasteiger partial charge on any atom is -0.438 e. The van der Waals surface area contributed by atoms with Crippen LogP contribution in [0.5, 0.6) is 0 Å². The Morgan fingerprint density at radius 3 is 2.43 bits per heavy atom. The van der Waals surface area contributed by atoms with Crippen LogP contribution in [0, 0.1) is 6.92 Å². The molecular weight excluding hydrogens is 466 g/mol. The number of aryl methyl sites for hydroxylation is 1. The van der Waals surface area contributed by atoms with Crippen molar-refractivity contribution in [2.75, 3.05) is 18.4 Å². The average molecular weight is 498 g/mol. The van der Waals surface area contributed by atoms with Crippen molar-refractivity contribution in [3.63, 3.8) is 0 Å². The number of ether oxygens (including phenoxy) is 1. The lowest BCUT2D eigenvalue weighted by Crippen LogP contribution is -2.49. The highest BCUT2D eigenvalue weighted by atomic mass is 16.6. The Morgan fingerprint density at radius 1 is 0.919 bits per heavy atom. The Balaban J connectivity index is 1.43. The van der Waals surface area contributed by atoms with Crippen LogP contribution >= 0.6 is 0 Å². The fourth-order valence-electron chi connectivity index (χ4n) is 5.06. The first-order valence-electron chi connectivity index (χ1n) is 12.8. The Kier molecular flexibility index (Phi) is 7.21. The normalized spacial score (nSPS) is 19.4. The van der Waals surface area contributed by atoms with Crippen LogP contribution in [0.1, 0.15) is 52.4 Å². The smallest absolute Gasteiger partial charge is 0.411 e. The number of hydrogen-bond donors (Lipinski definition) is 1. The second kappa shape index (κ2) is 10.9. The predicted molar refractivity (Wildman–Crippen MR) is 141 cm³/mol. The van der Waals surface area contributed by atoms with Crippen LogP contribution in [-0.2, 0) is 16.1 Å². The Hall–Kier alpha value is -4.13. The third-order valence-electron chi connectivity index (χ3n) is 6.95. The third kappa shape index (κ3) is 5.50. The van der Waals surface area contributed by atoms with Crippen LogP contribution in [-0.4, -0.2) is 46.8 Å². The van der Waals surface area contributed by atoms with Crippen molar-refractivity contribution in [3.05, 3.63) is 101 Å². The molecule has 2 unspecified atom stereocenters. The zero-order chi connectivity index (χ0) is 25.8. The molecule has 7 nitrogen and oxygen atoms in total. The molecule has 2 saturated heterocycles. The summed E-state index contributed by atoms with van der Waals surface area (Å²) in [6, 6.07) is 23.4. The second-order valence-electron chi connectivity index (χ2n) is 9.70. The maximum absolute atomic E-state index is 13.8. The van der Waals surface area contributed by atoms with Crippen LogP contribution in [0.2, 0.25) is 0 Å². The Morgan fingerprint density at radius 2 is 1.68 bits per heavy atom. The van der Waals surface area contributed by atoms with Crippen LogP contribution in [0.4, 0.5) is 10.5 Å². The molecule has 3 aromatic carbocycles. The van der Waals surface area contributed by atoms with Crippen LogP contribution in [0.25, 0.3) is 0 Å². The summed E-state index contributed by atoms with van der Waals surface area (Å²) < 4.78 is 5.84. The number of carbonyl (C=O) groups is 3. The molecule has 7 heteroatoms. The number of nitrogens with zero attached hydrogens (tertiary/aromatic N) is 2. The summed E-state index contributed by atoms with van der Waals surface area (Å²) in [5.74, 6) is -0.323. The standard InChI is InChI=1S/C30H31N3O4/c1-21-10-8-14-24(18-21)28(34)31-25-15-9-13-23(19-25)27-26(29(35)32-16-6-3-7-17-32)33(30(36)37-27)20-22-11-4-2-5-12-22/h2,4-5,8-15,18-19,26-27H,3,6-7,16-17,20H2,1H3,(H,31,34). The Labute approximate surface area is 217 Å². The van der Waals surface area contributed by atoms with Gasteiger partial charge in [-0.3, -0.25) is 14.5 Å². The second-order valence-corrected chi connectivity index (χ2v) is 9.70. The summed E-state index contributed by atoms with van der Waals surface area (Å²) in [6.45, 7) is 3.58. The number of amides is 3.